The van der Waals surface area contributed by atoms with Gasteiger partial charge in [-0.25, -0.2) is 0 Å². The summed E-state index contributed by atoms with van der Waals surface area (Å²) in [5, 5.41) is 3.46. The van der Waals surface area contributed by atoms with Crippen LogP contribution in [0.3, 0.4) is 0 Å². The standard InChI is InChI=1S/C13H21NO2Si/c1-17(2,3)16-12-6-4-5-11(9-12)13-10-15-8-7-14-13/h4-6,9,13-14H,7-8,10H2,1-3H3. The molecule has 0 saturated carbocycles. The molecule has 1 N–H and O–H groups in total. The van der Waals surface area contributed by atoms with Crippen LogP contribution in [0.5, 0.6) is 5.75 Å². The zero-order valence-electron chi connectivity index (χ0n) is 10.8. The normalized spacial score (nSPS) is 21.2. The van der Waals surface area contributed by atoms with Crippen LogP contribution in [0.15, 0.2) is 24.3 Å². The van der Waals surface area contributed by atoms with Gasteiger partial charge in [0.05, 0.1) is 19.3 Å². The average Bonchev–Trinajstić information content (AvgIpc) is 2.28. The van der Waals surface area contributed by atoms with Crippen LogP contribution in [0.25, 0.3) is 0 Å². The smallest absolute Gasteiger partial charge is 0.242 e. The zero-order chi connectivity index (χ0) is 12.3. The second kappa shape index (κ2) is 5.21. The third-order valence-corrected chi connectivity index (χ3v) is 3.45. The van der Waals surface area contributed by atoms with Crippen LogP contribution >= 0.6 is 0 Å². The quantitative estimate of drug-likeness (QED) is 0.838. The maximum atomic E-state index is 6.00. The SMILES string of the molecule is C[Si](C)(C)Oc1cccc(C2COCCN2)c1. The van der Waals surface area contributed by atoms with Gasteiger partial charge in [0, 0.05) is 6.54 Å². The summed E-state index contributed by atoms with van der Waals surface area (Å²) in [6.45, 7) is 9.06. The molecule has 17 heavy (non-hydrogen) atoms. The summed E-state index contributed by atoms with van der Waals surface area (Å²) in [7, 11) is -1.52. The molecule has 0 amide bonds. The molecule has 94 valence electrons. The van der Waals surface area contributed by atoms with E-state index in [1.54, 1.807) is 0 Å². The minimum Gasteiger partial charge on any atom is -0.544 e. The van der Waals surface area contributed by atoms with Gasteiger partial charge >= 0.3 is 0 Å². The highest BCUT2D eigenvalue weighted by Crippen LogP contribution is 2.23. The first kappa shape index (κ1) is 12.6. The molecule has 1 aliphatic heterocycles. The number of benzene rings is 1. The predicted molar refractivity (Wildman–Crippen MR) is 72.0 cm³/mol. The van der Waals surface area contributed by atoms with Gasteiger partial charge < -0.3 is 14.5 Å². The highest BCUT2D eigenvalue weighted by molar-refractivity contribution is 6.70. The van der Waals surface area contributed by atoms with Crippen molar-refractivity contribution in [2.75, 3.05) is 19.8 Å². The number of rotatable bonds is 3. The first-order valence-corrected chi connectivity index (χ1v) is 9.55. The average molecular weight is 251 g/mol. The molecule has 0 radical (unpaired) electrons. The van der Waals surface area contributed by atoms with Crippen molar-refractivity contribution in [3.63, 3.8) is 0 Å². The molecule has 2 rings (SSSR count). The highest BCUT2D eigenvalue weighted by Gasteiger charge is 2.18. The summed E-state index contributed by atoms with van der Waals surface area (Å²) in [4.78, 5) is 0. The summed E-state index contributed by atoms with van der Waals surface area (Å²) in [5.74, 6) is 0.981. The van der Waals surface area contributed by atoms with E-state index in [1.807, 2.05) is 6.07 Å². The maximum Gasteiger partial charge on any atom is 0.242 e. The van der Waals surface area contributed by atoms with Gasteiger partial charge in [-0.2, -0.15) is 0 Å². The van der Waals surface area contributed by atoms with E-state index >= 15 is 0 Å². The summed E-state index contributed by atoms with van der Waals surface area (Å²) in [6, 6.07) is 8.65. The molecule has 1 aliphatic rings. The fraction of sp³-hybridized carbons (Fsp3) is 0.538. The predicted octanol–water partition coefficient (Wildman–Crippen LogP) is 2.56. The Kier molecular flexibility index (Phi) is 3.86. The van der Waals surface area contributed by atoms with Crippen molar-refractivity contribution in [2.24, 2.45) is 0 Å². The number of nitrogens with one attached hydrogen (secondary N) is 1. The molecule has 0 aromatic heterocycles. The largest absolute Gasteiger partial charge is 0.544 e. The van der Waals surface area contributed by atoms with E-state index < -0.39 is 8.32 Å². The van der Waals surface area contributed by atoms with Crippen molar-refractivity contribution < 1.29 is 9.16 Å². The Labute approximate surface area is 104 Å². The summed E-state index contributed by atoms with van der Waals surface area (Å²) in [5.41, 5.74) is 1.25. The Morgan fingerprint density at radius 1 is 1.35 bits per heavy atom. The Balaban J connectivity index is 2.10. The van der Waals surface area contributed by atoms with Crippen molar-refractivity contribution in [1.29, 1.82) is 0 Å². The highest BCUT2D eigenvalue weighted by atomic mass is 28.4. The minimum atomic E-state index is -1.52. The van der Waals surface area contributed by atoms with E-state index in [2.05, 4.69) is 43.2 Å². The van der Waals surface area contributed by atoms with Crippen LogP contribution in [0, 0.1) is 0 Å². The first-order valence-electron chi connectivity index (χ1n) is 6.15. The topological polar surface area (TPSA) is 30.5 Å². The van der Waals surface area contributed by atoms with Crippen LogP contribution in [-0.2, 0) is 4.74 Å². The second-order valence-corrected chi connectivity index (χ2v) is 9.80. The Bertz CT molecular complexity index is 370. The molecule has 0 bridgehead atoms. The van der Waals surface area contributed by atoms with Crippen molar-refractivity contribution in [2.45, 2.75) is 25.7 Å². The molecule has 1 aromatic carbocycles. The lowest BCUT2D eigenvalue weighted by Gasteiger charge is -2.25. The zero-order valence-corrected chi connectivity index (χ0v) is 11.8. The molecular formula is C13H21NO2Si. The van der Waals surface area contributed by atoms with Gasteiger partial charge in [0.25, 0.3) is 0 Å². The second-order valence-electron chi connectivity index (χ2n) is 5.37. The van der Waals surface area contributed by atoms with E-state index in [0.29, 0.717) is 6.04 Å². The fourth-order valence-electron chi connectivity index (χ4n) is 1.93. The van der Waals surface area contributed by atoms with Gasteiger partial charge in [0.2, 0.25) is 8.32 Å². The molecule has 3 nitrogen and oxygen atoms in total. The number of ether oxygens (including phenoxy) is 1. The summed E-state index contributed by atoms with van der Waals surface area (Å²) < 4.78 is 11.5. The van der Waals surface area contributed by atoms with Crippen molar-refractivity contribution >= 4 is 8.32 Å². The van der Waals surface area contributed by atoms with Crippen LogP contribution in [-0.4, -0.2) is 28.1 Å². The van der Waals surface area contributed by atoms with Crippen LogP contribution in [0.2, 0.25) is 19.6 Å². The van der Waals surface area contributed by atoms with Crippen molar-refractivity contribution in [1.82, 2.24) is 5.32 Å². The van der Waals surface area contributed by atoms with Crippen LogP contribution in [0.4, 0.5) is 0 Å². The third-order valence-electron chi connectivity index (χ3n) is 2.61. The number of hydrogen-bond acceptors (Lipinski definition) is 3. The molecule has 1 fully saturated rings. The molecule has 0 spiro atoms. The van der Waals surface area contributed by atoms with Gasteiger partial charge in [0.1, 0.15) is 5.75 Å². The lowest BCUT2D eigenvalue weighted by Crippen LogP contribution is -2.34. The Hall–Kier alpha value is -0.843. The van der Waals surface area contributed by atoms with Gasteiger partial charge in [-0.15, -0.1) is 0 Å². The Morgan fingerprint density at radius 3 is 2.82 bits per heavy atom. The number of hydrogen-bond donors (Lipinski definition) is 1. The van der Waals surface area contributed by atoms with Gasteiger partial charge in [-0.1, -0.05) is 12.1 Å². The molecule has 1 atom stereocenters. The van der Waals surface area contributed by atoms with Gasteiger partial charge in [-0.05, 0) is 37.3 Å². The van der Waals surface area contributed by atoms with E-state index in [0.717, 1.165) is 25.5 Å². The van der Waals surface area contributed by atoms with E-state index in [-0.39, 0.29) is 0 Å². The summed E-state index contributed by atoms with van der Waals surface area (Å²) >= 11 is 0. The minimum absolute atomic E-state index is 0.300. The monoisotopic (exact) mass is 251 g/mol. The molecule has 1 heterocycles. The third kappa shape index (κ3) is 3.83. The van der Waals surface area contributed by atoms with Crippen molar-refractivity contribution in [3.05, 3.63) is 29.8 Å². The molecule has 4 heteroatoms. The maximum absolute atomic E-state index is 6.00. The summed E-state index contributed by atoms with van der Waals surface area (Å²) in [6.07, 6.45) is 0. The number of morpholine rings is 1. The first-order chi connectivity index (χ1) is 8.04. The molecule has 1 saturated heterocycles. The molecular weight excluding hydrogens is 230 g/mol. The van der Waals surface area contributed by atoms with E-state index in [9.17, 15) is 0 Å². The van der Waals surface area contributed by atoms with E-state index in [1.165, 1.54) is 5.56 Å². The molecule has 1 unspecified atom stereocenters. The lowest BCUT2D eigenvalue weighted by atomic mass is 10.1. The lowest BCUT2D eigenvalue weighted by molar-refractivity contribution is 0.0768. The Morgan fingerprint density at radius 2 is 2.18 bits per heavy atom. The molecule has 1 aromatic rings. The van der Waals surface area contributed by atoms with Gasteiger partial charge in [-0.3, -0.25) is 0 Å². The fourth-order valence-corrected chi connectivity index (χ4v) is 2.76. The van der Waals surface area contributed by atoms with Crippen LogP contribution in [0.1, 0.15) is 11.6 Å². The van der Waals surface area contributed by atoms with Gasteiger partial charge in [0.15, 0.2) is 0 Å². The van der Waals surface area contributed by atoms with E-state index in [4.69, 9.17) is 9.16 Å². The van der Waals surface area contributed by atoms with Crippen molar-refractivity contribution in [3.8, 4) is 5.75 Å². The van der Waals surface area contributed by atoms with Crippen LogP contribution < -0.4 is 9.74 Å². The molecule has 0 aliphatic carbocycles.